The van der Waals surface area contributed by atoms with E-state index < -0.39 is 0 Å². The van der Waals surface area contributed by atoms with Crippen LogP contribution in [0.5, 0.6) is 0 Å². The smallest absolute Gasteiger partial charge is 0.131 e. The van der Waals surface area contributed by atoms with Gasteiger partial charge in [-0.2, -0.15) is 0 Å². The van der Waals surface area contributed by atoms with Gasteiger partial charge in [0.1, 0.15) is 18.0 Å². The van der Waals surface area contributed by atoms with Crippen LogP contribution < -0.4 is 10.6 Å². The summed E-state index contributed by atoms with van der Waals surface area (Å²) in [4.78, 5) is 12.2. The minimum absolute atomic E-state index is 0.178. The molecule has 17 heavy (non-hydrogen) atoms. The van der Waals surface area contributed by atoms with Crippen LogP contribution in [0.25, 0.3) is 0 Å². The average Bonchev–Trinajstić information content (AvgIpc) is 2.40. The lowest BCUT2D eigenvalue weighted by Crippen LogP contribution is -2.08. The van der Waals surface area contributed by atoms with E-state index in [1.54, 1.807) is 12.4 Å². The Kier molecular flexibility index (Phi) is 3.49. The van der Waals surface area contributed by atoms with Gasteiger partial charge in [0.05, 0.1) is 6.04 Å². The molecule has 0 saturated heterocycles. The Morgan fingerprint density at radius 3 is 2.53 bits per heavy atom. The predicted octanol–water partition coefficient (Wildman–Crippen LogP) is 2.09. The Hall–Kier alpha value is -2.17. The van der Waals surface area contributed by atoms with Crippen molar-refractivity contribution in [3.63, 3.8) is 0 Å². The molecule has 2 aromatic rings. The summed E-state index contributed by atoms with van der Waals surface area (Å²) in [5.74, 6) is 1.60. The molecule has 5 heteroatoms. The molecule has 2 heterocycles. The molecule has 0 radical (unpaired) electrons. The molecule has 1 unspecified atom stereocenters. The first-order chi connectivity index (χ1) is 8.29. The third kappa shape index (κ3) is 2.90. The lowest BCUT2D eigenvalue weighted by atomic mass is 10.1. The molecule has 2 N–H and O–H groups in total. The Labute approximate surface area is 100 Å². The van der Waals surface area contributed by atoms with Gasteiger partial charge in [-0.05, 0) is 24.6 Å². The lowest BCUT2D eigenvalue weighted by molar-refractivity contribution is 0.868. The maximum absolute atomic E-state index is 4.17. The fraction of sp³-hybridized carbons (Fsp3) is 0.250. The highest BCUT2D eigenvalue weighted by Gasteiger charge is 2.05. The van der Waals surface area contributed by atoms with Crippen LogP contribution in [0.15, 0.2) is 36.9 Å². The van der Waals surface area contributed by atoms with Crippen LogP contribution in [0, 0.1) is 0 Å². The lowest BCUT2D eigenvalue weighted by Gasteiger charge is -2.14. The van der Waals surface area contributed by atoms with Crippen molar-refractivity contribution in [2.45, 2.75) is 13.0 Å². The molecule has 0 fully saturated rings. The molecule has 0 aliphatic rings. The SMILES string of the molecule is CNc1cc(NC(C)c2ccncc2)ncn1. The average molecular weight is 229 g/mol. The van der Waals surface area contributed by atoms with Gasteiger partial charge >= 0.3 is 0 Å². The quantitative estimate of drug-likeness (QED) is 0.840. The number of nitrogens with one attached hydrogen (secondary N) is 2. The summed E-state index contributed by atoms with van der Waals surface area (Å²) < 4.78 is 0. The molecule has 2 rings (SSSR count). The second-order valence-corrected chi connectivity index (χ2v) is 3.69. The summed E-state index contributed by atoms with van der Waals surface area (Å²) in [5.41, 5.74) is 1.17. The van der Waals surface area contributed by atoms with E-state index in [4.69, 9.17) is 0 Å². The van der Waals surface area contributed by atoms with Crippen LogP contribution in [-0.2, 0) is 0 Å². The summed E-state index contributed by atoms with van der Waals surface area (Å²) in [6.45, 7) is 2.08. The van der Waals surface area contributed by atoms with Gasteiger partial charge in [0, 0.05) is 25.5 Å². The van der Waals surface area contributed by atoms with Gasteiger partial charge in [0.2, 0.25) is 0 Å². The van der Waals surface area contributed by atoms with Gasteiger partial charge in [-0.15, -0.1) is 0 Å². The van der Waals surface area contributed by atoms with Gasteiger partial charge in [-0.1, -0.05) is 0 Å². The van der Waals surface area contributed by atoms with E-state index in [-0.39, 0.29) is 6.04 Å². The molecular weight excluding hydrogens is 214 g/mol. The first-order valence-corrected chi connectivity index (χ1v) is 5.46. The Balaban J connectivity index is 2.10. The van der Waals surface area contributed by atoms with Crippen LogP contribution in [0.2, 0.25) is 0 Å². The summed E-state index contributed by atoms with van der Waals surface area (Å²) >= 11 is 0. The standard InChI is InChI=1S/C12H15N5/c1-9(10-3-5-14-6-4-10)17-12-7-11(13-2)15-8-16-12/h3-9H,1-2H3,(H2,13,15,16,17). The van der Waals surface area contributed by atoms with E-state index in [1.807, 2.05) is 25.2 Å². The maximum atomic E-state index is 4.17. The molecule has 0 saturated carbocycles. The van der Waals surface area contributed by atoms with E-state index in [2.05, 4.69) is 32.5 Å². The highest BCUT2D eigenvalue weighted by Crippen LogP contribution is 2.17. The zero-order valence-corrected chi connectivity index (χ0v) is 9.88. The third-order valence-corrected chi connectivity index (χ3v) is 2.49. The minimum Gasteiger partial charge on any atom is -0.373 e. The molecule has 0 spiro atoms. The molecule has 5 nitrogen and oxygen atoms in total. The highest BCUT2D eigenvalue weighted by molar-refractivity contribution is 5.47. The summed E-state index contributed by atoms with van der Waals surface area (Å²) in [5, 5.41) is 6.29. The van der Waals surface area contributed by atoms with Gasteiger partial charge in [0.15, 0.2) is 0 Å². The summed E-state index contributed by atoms with van der Waals surface area (Å²) in [6.07, 6.45) is 5.10. The molecule has 2 aromatic heterocycles. The number of nitrogens with zero attached hydrogens (tertiary/aromatic N) is 3. The van der Waals surface area contributed by atoms with E-state index in [0.717, 1.165) is 11.6 Å². The van der Waals surface area contributed by atoms with Crippen molar-refractivity contribution in [2.24, 2.45) is 0 Å². The predicted molar refractivity (Wildman–Crippen MR) is 67.9 cm³/mol. The van der Waals surface area contributed by atoms with Gasteiger partial charge in [0.25, 0.3) is 0 Å². The van der Waals surface area contributed by atoms with Crippen LogP contribution in [0.1, 0.15) is 18.5 Å². The van der Waals surface area contributed by atoms with Crippen molar-refractivity contribution < 1.29 is 0 Å². The van der Waals surface area contributed by atoms with Crippen LogP contribution in [0.4, 0.5) is 11.6 Å². The first-order valence-electron chi connectivity index (χ1n) is 5.46. The molecule has 0 amide bonds. The topological polar surface area (TPSA) is 62.7 Å². The Morgan fingerprint density at radius 2 is 1.82 bits per heavy atom. The van der Waals surface area contributed by atoms with Crippen LogP contribution >= 0.6 is 0 Å². The van der Waals surface area contributed by atoms with Crippen molar-refractivity contribution >= 4 is 11.6 Å². The van der Waals surface area contributed by atoms with Crippen molar-refractivity contribution in [1.82, 2.24) is 15.0 Å². The third-order valence-electron chi connectivity index (χ3n) is 2.49. The van der Waals surface area contributed by atoms with E-state index in [1.165, 1.54) is 11.9 Å². The second kappa shape index (κ2) is 5.25. The zero-order valence-electron chi connectivity index (χ0n) is 9.88. The molecule has 0 aliphatic heterocycles. The fourth-order valence-electron chi connectivity index (χ4n) is 1.53. The number of hydrogen-bond acceptors (Lipinski definition) is 5. The summed E-state index contributed by atoms with van der Waals surface area (Å²) in [6, 6.07) is 6.02. The fourth-order valence-corrected chi connectivity index (χ4v) is 1.53. The maximum Gasteiger partial charge on any atom is 0.131 e. The van der Waals surface area contributed by atoms with Crippen molar-refractivity contribution in [3.05, 3.63) is 42.5 Å². The highest BCUT2D eigenvalue weighted by atomic mass is 15.1. The summed E-state index contributed by atoms with van der Waals surface area (Å²) in [7, 11) is 1.83. The van der Waals surface area contributed by atoms with Crippen LogP contribution in [0.3, 0.4) is 0 Å². The normalized spacial score (nSPS) is 11.9. The first kappa shape index (κ1) is 11.3. The molecule has 0 aliphatic carbocycles. The number of anilines is 2. The Bertz CT molecular complexity index is 471. The monoisotopic (exact) mass is 229 g/mol. The van der Waals surface area contributed by atoms with Crippen molar-refractivity contribution in [2.75, 3.05) is 17.7 Å². The largest absolute Gasteiger partial charge is 0.373 e. The van der Waals surface area contributed by atoms with E-state index in [0.29, 0.717) is 0 Å². The Morgan fingerprint density at radius 1 is 1.12 bits per heavy atom. The van der Waals surface area contributed by atoms with Gasteiger partial charge < -0.3 is 10.6 Å². The second-order valence-electron chi connectivity index (χ2n) is 3.69. The minimum atomic E-state index is 0.178. The number of rotatable bonds is 4. The number of hydrogen-bond donors (Lipinski definition) is 2. The number of pyridine rings is 1. The molecule has 0 bridgehead atoms. The van der Waals surface area contributed by atoms with Crippen molar-refractivity contribution in [3.8, 4) is 0 Å². The molecule has 1 atom stereocenters. The number of aromatic nitrogens is 3. The molecule has 0 aromatic carbocycles. The van der Waals surface area contributed by atoms with Crippen LogP contribution in [-0.4, -0.2) is 22.0 Å². The van der Waals surface area contributed by atoms with Gasteiger partial charge in [-0.25, -0.2) is 9.97 Å². The van der Waals surface area contributed by atoms with Gasteiger partial charge in [-0.3, -0.25) is 4.98 Å². The van der Waals surface area contributed by atoms with Crippen molar-refractivity contribution in [1.29, 1.82) is 0 Å². The zero-order chi connectivity index (χ0) is 12.1. The van der Waals surface area contributed by atoms with E-state index in [9.17, 15) is 0 Å². The molecular formula is C12H15N5. The molecule has 88 valence electrons. The van der Waals surface area contributed by atoms with E-state index >= 15 is 0 Å².